The summed E-state index contributed by atoms with van der Waals surface area (Å²) in [6, 6.07) is 0. The highest BCUT2D eigenvalue weighted by Gasteiger charge is 2.38. The molecule has 0 saturated carbocycles. The first-order chi connectivity index (χ1) is 9.26. The highest BCUT2D eigenvalue weighted by molar-refractivity contribution is 7.93. The van der Waals surface area contributed by atoms with Gasteiger partial charge in [0.05, 0.1) is 13.2 Å². The van der Waals surface area contributed by atoms with Gasteiger partial charge in [-0.3, -0.25) is 0 Å². The van der Waals surface area contributed by atoms with Gasteiger partial charge in [0.25, 0.3) is 0 Å². The highest BCUT2D eigenvalue weighted by Crippen LogP contribution is 2.30. The number of ether oxygens (including phenoxy) is 1. The number of hydrogen-bond donors (Lipinski definition) is 0. The lowest BCUT2D eigenvalue weighted by atomic mass is 9.90. The lowest BCUT2D eigenvalue weighted by molar-refractivity contribution is -0.00868. The maximum atomic E-state index is 14.7. The van der Waals surface area contributed by atoms with Crippen LogP contribution in [0.3, 0.4) is 0 Å². The second-order valence-electron chi connectivity index (χ2n) is 6.25. The predicted molar refractivity (Wildman–Crippen MR) is 79.6 cm³/mol. The van der Waals surface area contributed by atoms with Crippen LogP contribution in [0.1, 0.15) is 46.5 Å². The van der Waals surface area contributed by atoms with Gasteiger partial charge in [0.15, 0.2) is 0 Å². The molecule has 0 aromatic rings. The Morgan fingerprint density at radius 2 is 2.15 bits per heavy atom. The van der Waals surface area contributed by atoms with Crippen molar-refractivity contribution in [2.45, 2.75) is 57.7 Å². The van der Waals surface area contributed by atoms with E-state index < -0.39 is 17.4 Å². The monoisotopic (exact) mass is 307 g/mol. The van der Waals surface area contributed by atoms with E-state index in [4.69, 9.17) is 8.92 Å². The van der Waals surface area contributed by atoms with Crippen LogP contribution in [0.2, 0.25) is 0 Å². The molecule has 1 aliphatic heterocycles. The summed E-state index contributed by atoms with van der Waals surface area (Å²) in [6.45, 7) is 6.69. The minimum atomic E-state index is -1.31. The molecule has 1 amide bonds. The van der Waals surface area contributed by atoms with Gasteiger partial charge in [-0.05, 0) is 58.5 Å². The van der Waals surface area contributed by atoms with Crippen molar-refractivity contribution in [3.63, 3.8) is 0 Å². The van der Waals surface area contributed by atoms with E-state index in [1.54, 1.807) is 0 Å². The molecule has 1 aliphatic rings. The first kappa shape index (κ1) is 17.6. The molecule has 0 aromatic heterocycles. The lowest BCUT2D eigenvalue weighted by Crippen LogP contribution is -2.49. The van der Waals surface area contributed by atoms with Crippen LogP contribution in [-0.4, -0.2) is 48.2 Å². The maximum absolute atomic E-state index is 14.7. The van der Waals surface area contributed by atoms with Gasteiger partial charge in [-0.2, -0.15) is 0 Å². The number of rotatable bonds is 5. The number of carbonyl (C=O) groups excluding carboxylic acids is 1. The topological polar surface area (TPSA) is 38.8 Å². The molecule has 0 spiro atoms. The number of alkyl halides is 1. The molecule has 6 heteroatoms. The van der Waals surface area contributed by atoms with E-state index in [1.807, 2.05) is 27.0 Å². The molecule has 20 heavy (non-hydrogen) atoms. The summed E-state index contributed by atoms with van der Waals surface area (Å²) in [4.78, 5) is 13.5. The van der Waals surface area contributed by atoms with E-state index in [-0.39, 0.29) is 6.54 Å². The largest absolute Gasteiger partial charge is 0.444 e. The van der Waals surface area contributed by atoms with Gasteiger partial charge in [-0.25, -0.2) is 9.18 Å². The molecular weight excluding hydrogens is 281 g/mol. The van der Waals surface area contributed by atoms with E-state index in [0.717, 1.165) is 0 Å². The zero-order valence-electron chi connectivity index (χ0n) is 12.9. The molecule has 1 atom stereocenters. The van der Waals surface area contributed by atoms with Crippen molar-refractivity contribution in [2.24, 2.45) is 0 Å². The molecule has 1 fully saturated rings. The van der Waals surface area contributed by atoms with Gasteiger partial charge in [0.2, 0.25) is 0 Å². The second-order valence-corrected chi connectivity index (χ2v) is 6.82. The first-order valence-electron chi connectivity index (χ1n) is 7.08. The van der Waals surface area contributed by atoms with Gasteiger partial charge < -0.3 is 13.8 Å². The third-order valence-corrected chi connectivity index (χ3v) is 3.55. The van der Waals surface area contributed by atoms with Crippen LogP contribution >= 0.6 is 12.0 Å². The third-order valence-electron chi connectivity index (χ3n) is 3.15. The van der Waals surface area contributed by atoms with Crippen LogP contribution < -0.4 is 0 Å². The van der Waals surface area contributed by atoms with Crippen LogP contribution in [0.15, 0.2) is 0 Å². The molecule has 1 heterocycles. The fraction of sp³-hybridized carbons (Fsp3) is 0.929. The summed E-state index contributed by atoms with van der Waals surface area (Å²) in [5.74, 6) is 0. The lowest BCUT2D eigenvalue weighted by Gasteiger charge is -2.38. The summed E-state index contributed by atoms with van der Waals surface area (Å²) < 4.78 is 25.2. The van der Waals surface area contributed by atoms with E-state index in [2.05, 4.69) is 0 Å². The van der Waals surface area contributed by atoms with Gasteiger partial charge >= 0.3 is 6.09 Å². The van der Waals surface area contributed by atoms with Crippen molar-refractivity contribution >= 4 is 18.1 Å². The number of halogens is 1. The minimum Gasteiger partial charge on any atom is -0.444 e. The first-order valence-corrected chi connectivity index (χ1v) is 8.23. The Hall–Kier alpha value is -0.490. The van der Waals surface area contributed by atoms with Crippen molar-refractivity contribution in [1.82, 2.24) is 4.90 Å². The number of hydrogen-bond acceptors (Lipinski definition) is 4. The fourth-order valence-electron chi connectivity index (χ4n) is 2.30. The van der Waals surface area contributed by atoms with Crippen LogP contribution in [0.5, 0.6) is 0 Å². The van der Waals surface area contributed by atoms with Crippen molar-refractivity contribution in [3.05, 3.63) is 0 Å². The summed E-state index contributed by atoms with van der Waals surface area (Å²) >= 11 is 1.29. The van der Waals surface area contributed by atoms with E-state index >= 15 is 0 Å². The molecule has 1 rings (SSSR count). The average molecular weight is 307 g/mol. The molecular formula is C14H26FNO3S. The van der Waals surface area contributed by atoms with Crippen LogP contribution in [0.25, 0.3) is 0 Å². The second kappa shape index (κ2) is 7.50. The molecule has 0 aliphatic carbocycles. The molecule has 0 N–H and O–H groups in total. The molecule has 0 bridgehead atoms. The van der Waals surface area contributed by atoms with Gasteiger partial charge in [-0.1, -0.05) is 0 Å². The van der Waals surface area contributed by atoms with Crippen molar-refractivity contribution in [1.29, 1.82) is 0 Å². The number of piperidine rings is 1. The molecule has 0 radical (unpaired) electrons. The number of amides is 1. The predicted octanol–water partition coefficient (Wildman–Crippen LogP) is 3.80. The van der Waals surface area contributed by atoms with Crippen molar-refractivity contribution in [2.75, 3.05) is 26.0 Å². The smallest absolute Gasteiger partial charge is 0.410 e. The summed E-state index contributed by atoms with van der Waals surface area (Å²) in [6.07, 6.45) is 3.70. The molecule has 1 saturated heterocycles. The normalized spacial score (nSPS) is 23.8. The molecule has 0 aromatic carbocycles. The Morgan fingerprint density at radius 3 is 2.75 bits per heavy atom. The summed E-state index contributed by atoms with van der Waals surface area (Å²) in [5, 5.41) is 0. The average Bonchev–Trinajstić information content (AvgIpc) is 2.33. The van der Waals surface area contributed by atoms with Crippen LogP contribution in [0, 0.1) is 0 Å². The molecule has 118 valence electrons. The SMILES string of the molecule is CSOCCCC1(F)CCCN(C(=O)OC(C)(C)C)C1. The number of nitrogens with zero attached hydrogens (tertiary/aromatic N) is 1. The fourth-order valence-corrected chi connectivity index (χ4v) is 2.59. The van der Waals surface area contributed by atoms with E-state index in [0.29, 0.717) is 38.8 Å². The maximum Gasteiger partial charge on any atom is 0.410 e. The Morgan fingerprint density at radius 1 is 1.45 bits per heavy atom. The Bertz CT molecular complexity index is 322. The quantitative estimate of drug-likeness (QED) is 0.572. The van der Waals surface area contributed by atoms with E-state index in [9.17, 15) is 9.18 Å². The van der Waals surface area contributed by atoms with Gasteiger partial charge in [-0.15, -0.1) is 0 Å². The number of likely N-dealkylation sites (tertiary alicyclic amines) is 1. The molecule has 4 nitrogen and oxygen atoms in total. The standard InChI is InChI=1S/C14H26FNO3S/c1-13(2,3)19-12(17)16-9-5-7-14(15,11-16)8-6-10-18-20-4/h5-11H2,1-4H3. The van der Waals surface area contributed by atoms with Crippen LogP contribution in [0.4, 0.5) is 9.18 Å². The van der Waals surface area contributed by atoms with Crippen LogP contribution in [-0.2, 0) is 8.92 Å². The molecule has 1 unspecified atom stereocenters. The minimum absolute atomic E-state index is 0.126. The van der Waals surface area contributed by atoms with E-state index in [1.165, 1.54) is 16.9 Å². The van der Waals surface area contributed by atoms with Crippen molar-refractivity contribution in [3.8, 4) is 0 Å². The highest BCUT2D eigenvalue weighted by atomic mass is 32.2. The Balaban J connectivity index is 2.46. The summed E-state index contributed by atoms with van der Waals surface area (Å²) in [5.41, 5.74) is -1.85. The van der Waals surface area contributed by atoms with Gasteiger partial charge in [0.1, 0.15) is 11.3 Å². The Kier molecular flexibility index (Phi) is 6.58. The zero-order valence-corrected chi connectivity index (χ0v) is 13.7. The van der Waals surface area contributed by atoms with Crippen molar-refractivity contribution < 1.29 is 18.1 Å². The zero-order chi connectivity index (χ0) is 15.2. The number of carbonyl (C=O) groups is 1. The Labute approximate surface area is 125 Å². The van der Waals surface area contributed by atoms with Gasteiger partial charge in [0, 0.05) is 12.8 Å². The third kappa shape index (κ3) is 6.31. The summed E-state index contributed by atoms with van der Waals surface area (Å²) in [7, 11) is 0.